The van der Waals surface area contributed by atoms with Gasteiger partial charge in [0.2, 0.25) is 0 Å². The summed E-state index contributed by atoms with van der Waals surface area (Å²) in [6, 6.07) is -0.926. The van der Waals surface area contributed by atoms with Gasteiger partial charge in [0.15, 0.2) is 0 Å². The standard InChI is InChI=1S/C13H20N2O5/c1-2-20-12(18)10-4-3-7-14(10)13(19)15(8-11(16)17)9-5-6-9/h9-10H,2-8H2,1H3,(H,16,17). The lowest BCUT2D eigenvalue weighted by Gasteiger charge is -2.30. The number of urea groups is 1. The van der Waals surface area contributed by atoms with Crippen LogP contribution in [0.15, 0.2) is 0 Å². The van der Waals surface area contributed by atoms with Crippen LogP contribution in [0.2, 0.25) is 0 Å². The SMILES string of the molecule is CCOC(=O)C1CCCN1C(=O)N(CC(=O)O)C1CC1. The number of ether oxygens (including phenoxy) is 1. The molecule has 0 aromatic rings. The summed E-state index contributed by atoms with van der Waals surface area (Å²) in [6.07, 6.45) is 2.98. The second kappa shape index (κ2) is 6.11. The number of hydrogen-bond donors (Lipinski definition) is 1. The molecule has 1 aliphatic heterocycles. The molecule has 1 aliphatic carbocycles. The van der Waals surface area contributed by atoms with Crippen LogP contribution in [0.3, 0.4) is 0 Å². The van der Waals surface area contributed by atoms with Gasteiger partial charge in [0.25, 0.3) is 0 Å². The van der Waals surface area contributed by atoms with Crippen LogP contribution >= 0.6 is 0 Å². The fourth-order valence-corrected chi connectivity index (χ4v) is 2.53. The largest absolute Gasteiger partial charge is 0.480 e. The second-order valence-electron chi connectivity index (χ2n) is 5.14. The lowest BCUT2D eigenvalue weighted by molar-refractivity contribution is -0.147. The summed E-state index contributed by atoms with van der Waals surface area (Å²) < 4.78 is 4.98. The van der Waals surface area contributed by atoms with Crippen molar-refractivity contribution in [3.63, 3.8) is 0 Å². The number of likely N-dealkylation sites (tertiary alicyclic amines) is 1. The zero-order chi connectivity index (χ0) is 14.7. The molecule has 0 aromatic carbocycles. The number of carbonyl (C=O) groups is 3. The maximum atomic E-state index is 12.5. The van der Waals surface area contributed by atoms with Gasteiger partial charge in [-0.25, -0.2) is 9.59 Å². The Balaban J connectivity index is 2.05. The van der Waals surface area contributed by atoms with Gasteiger partial charge in [-0.3, -0.25) is 4.79 Å². The molecule has 1 unspecified atom stereocenters. The number of aliphatic carboxylic acids is 1. The predicted octanol–water partition coefficient (Wildman–Crippen LogP) is 0.683. The van der Waals surface area contributed by atoms with E-state index in [1.807, 2.05) is 0 Å². The normalized spacial score (nSPS) is 21.6. The maximum Gasteiger partial charge on any atom is 0.328 e. The van der Waals surface area contributed by atoms with Crippen molar-refractivity contribution in [2.45, 2.75) is 44.7 Å². The van der Waals surface area contributed by atoms with Crippen molar-refractivity contribution in [1.29, 1.82) is 0 Å². The summed E-state index contributed by atoms with van der Waals surface area (Å²) >= 11 is 0. The van der Waals surface area contributed by atoms with E-state index in [4.69, 9.17) is 9.84 Å². The molecule has 112 valence electrons. The Bertz CT molecular complexity index is 408. The lowest BCUT2D eigenvalue weighted by Crippen LogP contribution is -2.50. The van der Waals surface area contributed by atoms with Crippen LogP contribution < -0.4 is 0 Å². The zero-order valence-electron chi connectivity index (χ0n) is 11.6. The van der Waals surface area contributed by atoms with Crippen LogP contribution in [0.4, 0.5) is 4.79 Å². The minimum Gasteiger partial charge on any atom is -0.480 e. The second-order valence-corrected chi connectivity index (χ2v) is 5.14. The van der Waals surface area contributed by atoms with Crippen molar-refractivity contribution in [1.82, 2.24) is 9.80 Å². The highest BCUT2D eigenvalue weighted by Crippen LogP contribution is 2.29. The number of carboxylic acids is 1. The molecular weight excluding hydrogens is 264 g/mol. The van der Waals surface area contributed by atoms with Gasteiger partial charge >= 0.3 is 18.0 Å². The minimum absolute atomic E-state index is 0.00189. The van der Waals surface area contributed by atoms with Crippen LogP contribution in [0.25, 0.3) is 0 Å². The van der Waals surface area contributed by atoms with Crippen molar-refractivity contribution in [2.75, 3.05) is 19.7 Å². The number of carboxylic acid groups (broad SMARTS) is 1. The molecule has 1 saturated carbocycles. The van der Waals surface area contributed by atoms with Crippen LogP contribution in [-0.2, 0) is 14.3 Å². The van der Waals surface area contributed by atoms with E-state index in [9.17, 15) is 14.4 Å². The van der Waals surface area contributed by atoms with E-state index in [1.165, 1.54) is 9.80 Å². The van der Waals surface area contributed by atoms with E-state index in [-0.39, 0.29) is 25.2 Å². The third kappa shape index (κ3) is 3.20. The molecule has 20 heavy (non-hydrogen) atoms. The summed E-state index contributed by atoms with van der Waals surface area (Å²) in [6.45, 7) is 2.17. The number of esters is 1. The monoisotopic (exact) mass is 284 g/mol. The highest BCUT2D eigenvalue weighted by atomic mass is 16.5. The predicted molar refractivity (Wildman–Crippen MR) is 69.1 cm³/mol. The van der Waals surface area contributed by atoms with Gasteiger partial charge < -0.3 is 19.6 Å². The van der Waals surface area contributed by atoms with Crippen LogP contribution in [0.5, 0.6) is 0 Å². The maximum absolute atomic E-state index is 12.5. The Kier molecular flexibility index (Phi) is 4.46. The zero-order valence-corrected chi connectivity index (χ0v) is 11.6. The Labute approximate surface area is 117 Å². The van der Waals surface area contributed by atoms with Gasteiger partial charge in [-0.1, -0.05) is 0 Å². The number of amides is 2. The van der Waals surface area contributed by atoms with Crippen molar-refractivity contribution in [3.8, 4) is 0 Å². The summed E-state index contributed by atoms with van der Waals surface area (Å²) in [5.74, 6) is -1.43. The summed E-state index contributed by atoms with van der Waals surface area (Å²) in [5, 5.41) is 8.91. The summed E-state index contributed by atoms with van der Waals surface area (Å²) in [7, 11) is 0. The molecular formula is C13H20N2O5. The van der Waals surface area contributed by atoms with Gasteiger partial charge in [0, 0.05) is 12.6 Å². The highest BCUT2D eigenvalue weighted by Gasteiger charge is 2.42. The Morgan fingerprint density at radius 1 is 1.30 bits per heavy atom. The third-order valence-electron chi connectivity index (χ3n) is 3.60. The average Bonchev–Trinajstić information content (AvgIpc) is 3.11. The van der Waals surface area contributed by atoms with E-state index in [0.29, 0.717) is 13.0 Å². The molecule has 1 saturated heterocycles. The molecule has 2 aliphatic rings. The van der Waals surface area contributed by atoms with E-state index in [0.717, 1.165) is 19.3 Å². The molecule has 1 atom stereocenters. The molecule has 7 heteroatoms. The third-order valence-corrected chi connectivity index (χ3v) is 3.60. The minimum atomic E-state index is -1.03. The first-order valence-electron chi connectivity index (χ1n) is 7.00. The molecule has 2 amide bonds. The van der Waals surface area contributed by atoms with Crippen molar-refractivity contribution >= 4 is 18.0 Å². The first-order valence-corrected chi connectivity index (χ1v) is 7.00. The molecule has 2 rings (SSSR count). The lowest BCUT2D eigenvalue weighted by atomic mass is 10.2. The summed E-state index contributed by atoms with van der Waals surface area (Å²) in [4.78, 5) is 38.0. The fraction of sp³-hybridized carbons (Fsp3) is 0.769. The Morgan fingerprint density at radius 2 is 2.00 bits per heavy atom. The average molecular weight is 284 g/mol. The fourth-order valence-electron chi connectivity index (χ4n) is 2.53. The molecule has 0 radical (unpaired) electrons. The van der Waals surface area contributed by atoms with E-state index in [1.54, 1.807) is 6.92 Å². The van der Waals surface area contributed by atoms with Crippen LogP contribution in [0.1, 0.15) is 32.6 Å². The molecule has 1 heterocycles. The van der Waals surface area contributed by atoms with Crippen LogP contribution in [-0.4, -0.2) is 64.7 Å². The van der Waals surface area contributed by atoms with Crippen LogP contribution in [0, 0.1) is 0 Å². The first-order chi connectivity index (χ1) is 9.54. The Hall–Kier alpha value is -1.79. The van der Waals surface area contributed by atoms with E-state index in [2.05, 4.69) is 0 Å². The van der Waals surface area contributed by atoms with Gasteiger partial charge in [0.1, 0.15) is 12.6 Å². The molecule has 0 spiro atoms. The quantitative estimate of drug-likeness (QED) is 0.750. The smallest absolute Gasteiger partial charge is 0.328 e. The van der Waals surface area contributed by atoms with E-state index >= 15 is 0 Å². The van der Waals surface area contributed by atoms with E-state index < -0.39 is 18.0 Å². The van der Waals surface area contributed by atoms with Crippen molar-refractivity contribution in [2.24, 2.45) is 0 Å². The number of rotatable bonds is 5. The van der Waals surface area contributed by atoms with Gasteiger partial charge in [-0.15, -0.1) is 0 Å². The topological polar surface area (TPSA) is 87.2 Å². The van der Waals surface area contributed by atoms with Crippen molar-refractivity contribution in [3.05, 3.63) is 0 Å². The highest BCUT2D eigenvalue weighted by molar-refractivity contribution is 5.86. The molecule has 7 nitrogen and oxygen atoms in total. The Morgan fingerprint density at radius 3 is 2.55 bits per heavy atom. The number of carbonyl (C=O) groups excluding carboxylic acids is 2. The molecule has 0 aromatic heterocycles. The van der Waals surface area contributed by atoms with Crippen molar-refractivity contribution < 1.29 is 24.2 Å². The summed E-state index contributed by atoms with van der Waals surface area (Å²) in [5.41, 5.74) is 0. The van der Waals surface area contributed by atoms with Gasteiger partial charge in [0.05, 0.1) is 6.61 Å². The first kappa shape index (κ1) is 14.6. The molecule has 1 N–H and O–H groups in total. The molecule has 2 fully saturated rings. The van der Waals surface area contributed by atoms with Gasteiger partial charge in [-0.05, 0) is 32.6 Å². The van der Waals surface area contributed by atoms with Gasteiger partial charge in [-0.2, -0.15) is 0 Å². The number of nitrogens with zero attached hydrogens (tertiary/aromatic N) is 2. The number of hydrogen-bond acceptors (Lipinski definition) is 4. The molecule has 0 bridgehead atoms.